The van der Waals surface area contributed by atoms with Crippen molar-refractivity contribution in [1.82, 2.24) is 9.78 Å². The fourth-order valence-corrected chi connectivity index (χ4v) is 5.05. The summed E-state index contributed by atoms with van der Waals surface area (Å²) in [5.41, 5.74) is 1.44. The molecular weight excluding hydrogens is 358 g/mol. The van der Waals surface area contributed by atoms with Gasteiger partial charge < -0.3 is 5.11 Å². The maximum absolute atomic E-state index is 12.8. The molecule has 0 saturated carbocycles. The highest BCUT2D eigenvalue weighted by Crippen LogP contribution is 2.35. The Hall–Kier alpha value is -1.54. The number of phenolic OH excluding ortho intramolecular Hbond substituents is 1. The second-order valence-electron chi connectivity index (χ2n) is 4.95. The lowest BCUT2D eigenvalue weighted by Crippen LogP contribution is -2.35. The summed E-state index contributed by atoms with van der Waals surface area (Å²) in [5.74, 6) is 0.145. The number of rotatable bonds is 2. The first-order valence-corrected chi connectivity index (χ1v) is 8.66. The van der Waals surface area contributed by atoms with Gasteiger partial charge in [0.2, 0.25) is 5.03 Å². The number of fused-ring (bicyclic) bond motifs is 1. The van der Waals surface area contributed by atoms with Crippen molar-refractivity contribution < 1.29 is 13.5 Å². The Morgan fingerprint density at radius 2 is 2.14 bits per heavy atom. The number of anilines is 1. The molecule has 0 aliphatic carbocycles. The Balaban J connectivity index is 2.12. The van der Waals surface area contributed by atoms with Crippen LogP contribution >= 0.6 is 15.9 Å². The van der Waals surface area contributed by atoms with E-state index in [9.17, 15) is 13.5 Å². The Bertz CT molecular complexity index is 801. The van der Waals surface area contributed by atoms with Crippen molar-refractivity contribution in [3.8, 4) is 5.75 Å². The molecule has 2 heterocycles. The van der Waals surface area contributed by atoms with Crippen LogP contribution in [-0.4, -0.2) is 29.8 Å². The molecule has 1 aromatic carbocycles. The monoisotopic (exact) mass is 371 g/mol. The lowest BCUT2D eigenvalue weighted by molar-refractivity contribution is 0.474. The second kappa shape index (κ2) is 5.03. The van der Waals surface area contributed by atoms with E-state index in [1.54, 1.807) is 25.4 Å². The van der Waals surface area contributed by atoms with Gasteiger partial charge in [-0.15, -0.1) is 0 Å². The third-order valence-corrected chi connectivity index (χ3v) is 6.02. The molecule has 8 heteroatoms. The fourth-order valence-electron chi connectivity index (χ4n) is 2.52. The first-order chi connectivity index (χ1) is 9.89. The molecule has 0 bridgehead atoms. The first kappa shape index (κ1) is 14.4. The Morgan fingerprint density at radius 1 is 1.38 bits per heavy atom. The number of halogens is 1. The summed E-state index contributed by atoms with van der Waals surface area (Å²) in [6, 6.07) is 4.75. The molecule has 1 aliphatic heterocycles. The van der Waals surface area contributed by atoms with Gasteiger partial charge in [-0.1, -0.05) is 0 Å². The predicted octanol–water partition coefficient (Wildman–Crippen LogP) is 2.03. The summed E-state index contributed by atoms with van der Waals surface area (Å²) >= 11 is 3.24. The molecule has 0 amide bonds. The molecule has 1 aromatic heterocycles. The van der Waals surface area contributed by atoms with Crippen molar-refractivity contribution in [2.75, 3.05) is 10.8 Å². The van der Waals surface area contributed by atoms with Crippen LogP contribution in [0.2, 0.25) is 0 Å². The van der Waals surface area contributed by atoms with Gasteiger partial charge in [-0.2, -0.15) is 13.5 Å². The van der Waals surface area contributed by atoms with Gasteiger partial charge >= 0.3 is 0 Å². The van der Waals surface area contributed by atoms with Gasteiger partial charge in [0.15, 0.2) is 0 Å². The SMILES string of the molecule is Cn1cc(Br)c(S(=O)(=O)N2CCCc3cc(O)ccc32)n1. The zero-order valence-corrected chi connectivity index (χ0v) is 13.7. The van der Waals surface area contributed by atoms with Crippen molar-refractivity contribution in [2.45, 2.75) is 17.9 Å². The number of phenols is 1. The lowest BCUT2D eigenvalue weighted by Gasteiger charge is -2.29. The highest BCUT2D eigenvalue weighted by molar-refractivity contribution is 9.10. The molecule has 112 valence electrons. The fraction of sp³-hybridized carbons (Fsp3) is 0.308. The molecule has 0 saturated heterocycles. The van der Waals surface area contributed by atoms with Gasteiger partial charge in [0.1, 0.15) is 5.75 Å². The van der Waals surface area contributed by atoms with Crippen LogP contribution in [0.4, 0.5) is 5.69 Å². The minimum Gasteiger partial charge on any atom is -0.508 e. The van der Waals surface area contributed by atoms with Crippen LogP contribution in [0.1, 0.15) is 12.0 Å². The molecule has 6 nitrogen and oxygen atoms in total. The smallest absolute Gasteiger partial charge is 0.284 e. The van der Waals surface area contributed by atoms with E-state index in [0.717, 1.165) is 12.0 Å². The Labute approximate surface area is 131 Å². The van der Waals surface area contributed by atoms with Gasteiger partial charge in [-0.25, -0.2) is 0 Å². The summed E-state index contributed by atoms with van der Waals surface area (Å²) in [7, 11) is -2.05. The van der Waals surface area contributed by atoms with Crippen LogP contribution < -0.4 is 4.31 Å². The number of aryl methyl sites for hydroxylation is 2. The van der Waals surface area contributed by atoms with E-state index in [0.29, 0.717) is 23.1 Å². The normalized spacial score (nSPS) is 15.0. The second-order valence-corrected chi connectivity index (χ2v) is 7.58. The van der Waals surface area contributed by atoms with E-state index in [4.69, 9.17) is 0 Å². The number of aromatic nitrogens is 2. The van der Waals surface area contributed by atoms with E-state index in [1.165, 1.54) is 15.1 Å². The topological polar surface area (TPSA) is 75.4 Å². The maximum Gasteiger partial charge on any atom is 0.284 e. The molecule has 21 heavy (non-hydrogen) atoms. The van der Waals surface area contributed by atoms with Crippen LogP contribution in [0, 0.1) is 0 Å². The maximum atomic E-state index is 12.8. The van der Waals surface area contributed by atoms with Crippen molar-refractivity contribution in [3.05, 3.63) is 34.4 Å². The van der Waals surface area contributed by atoms with Crippen molar-refractivity contribution in [1.29, 1.82) is 0 Å². The molecule has 1 N–H and O–H groups in total. The molecule has 0 atom stereocenters. The van der Waals surface area contributed by atoms with Gasteiger partial charge in [0.05, 0.1) is 10.2 Å². The molecule has 1 aliphatic rings. The molecular formula is C13H14BrN3O3S. The third-order valence-electron chi connectivity index (χ3n) is 3.43. The summed E-state index contributed by atoms with van der Waals surface area (Å²) in [6.45, 7) is 0.406. The molecule has 0 spiro atoms. The average Bonchev–Trinajstić information content (AvgIpc) is 2.77. The molecule has 0 unspecified atom stereocenters. The summed E-state index contributed by atoms with van der Waals surface area (Å²) in [4.78, 5) is 0. The third kappa shape index (κ3) is 2.42. The zero-order valence-electron chi connectivity index (χ0n) is 11.3. The predicted molar refractivity (Wildman–Crippen MR) is 81.9 cm³/mol. The van der Waals surface area contributed by atoms with Crippen molar-refractivity contribution in [2.24, 2.45) is 7.05 Å². The van der Waals surface area contributed by atoms with Crippen molar-refractivity contribution >= 4 is 31.6 Å². The number of aromatic hydroxyl groups is 1. The van der Waals surface area contributed by atoms with Gasteiger partial charge in [-0.05, 0) is 52.5 Å². The largest absolute Gasteiger partial charge is 0.508 e. The van der Waals surface area contributed by atoms with Crippen LogP contribution in [0.3, 0.4) is 0 Å². The minimum atomic E-state index is -3.73. The summed E-state index contributed by atoms with van der Waals surface area (Å²) < 4.78 is 28.9. The summed E-state index contributed by atoms with van der Waals surface area (Å²) in [6.07, 6.45) is 3.06. The van der Waals surface area contributed by atoms with Crippen LogP contribution in [0.5, 0.6) is 5.75 Å². The van der Waals surface area contributed by atoms with Crippen molar-refractivity contribution in [3.63, 3.8) is 0 Å². The summed E-state index contributed by atoms with van der Waals surface area (Å²) in [5, 5.41) is 13.6. The Morgan fingerprint density at radius 3 is 2.81 bits per heavy atom. The standard InChI is InChI=1S/C13H14BrN3O3S/c1-16-8-11(14)13(15-16)21(19,20)17-6-2-3-9-7-10(18)4-5-12(9)17/h4-5,7-8,18H,2-3,6H2,1H3. The Kier molecular flexibility index (Phi) is 3.45. The van der Waals surface area contributed by atoms with E-state index >= 15 is 0 Å². The highest BCUT2D eigenvalue weighted by Gasteiger charge is 2.32. The highest BCUT2D eigenvalue weighted by atomic mass is 79.9. The van der Waals surface area contributed by atoms with E-state index < -0.39 is 10.0 Å². The number of sulfonamides is 1. The van der Waals surface area contributed by atoms with E-state index in [2.05, 4.69) is 21.0 Å². The van der Waals surface area contributed by atoms with Gasteiger partial charge in [0, 0.05) is 19.8 Å². The minimum absolute atomic E-state index is 0.00549. The molecule has 3 rings (SSSR count). The number of hydrogen-bond acceptors (Lipinski definition) is 4. The first-order valence-electron chi connectivity index (χ1n) is 6.43. The van der Waals surface area contributed by atoms with Gasteiger partial charge in [-0.3, -0.25) is 8.99 Å². The van der Waals surface area contributed by atoms with E-state index in [1.807, 2.05) is 0 Å². The molecule has 0 radical (unpaired) electrons. The molecule has 0 fully saturated rings. The van der Waals surface area contributed by atoms with Gasteiger partial charge in [0.25, 0.3) is 10.0 Å². The van der Waals surface area contributed by atoms with Crippen LogP contribution in [0.15, 0.2) is 33.9 Å². The lowest BCUT2D eigenvalue weighted by atomic mass is 10.0. The molecule has 2 aromatic rings. The van der Waals surface area contributed by atoms with Crippen LogP contribution in [0.25, 0.3) is 0 Å². The quantitative estimate of drug-likeness (QED) is 0.876. The zero-order chi connectivity index (χ0) is 15.2. The van der Waals surface area contributed by atoms with E-state index in [-0.39, 0.29) is 10.8 Å². The van der Waals surface area contributed by atoms with Crippen LogP contribution in [-0.2, 0) is 23.5 Å². The number of benzene rings is 1. The number of hydrogen-bond donors (Lipinski definition) is 1. The average molecular weight is 372 g/mol. The number of nitrogens with zero attached hydrogens (tertiary/aromatic N) is 3.